The van der Waals surface area contributed by atoms with Crippen molar-refractivity contribution in [2.45, 2.75) is 56.2 Å². The standard InChI is InChI=1S/C27H37N7O3S/c1-5-14-28-20-12-15-34(16-13-20)21-10-11-22(24(17-21)37-4)31-26-29-18-30-27(33-26)32-23-8-6-7-9-25(23)38(35,36)19(2)3/h6-11,17-20,28H,5,12-16H2,1-4H3,(H2,29,30,31,32,33). The average molecular weight is 540 g/mol. The second-order valence-corrected chi connectivity index (χ2v) is 12.0. The van der Waals surface area contributed by atoms with Gasteiger partial charge in [0, 0.05) is 30.9 Å². The molecule has 204 valence electrons. The molecule has 10 nitrogen and oxygen atoms in total. The summed E-state index contributed by atoms with van der Waals surface area (Å²) in [5.41, 5.74) is 2.24. The predicted molar refractivity (Wildman–Crippen MR) is 152 cm³/mol. The molecule has 4 rings (SSSR count). The lowest BCUT2D eigenvalue weighted by Gasteiger charge is -2.34. The third-order valence-corrected chi connectivity index (χ3v) is 8.82. The molecule has 1 aliphatic rings. The van der Waals surface area contributed by atoms with Crippen LogP contribution in [0.2, 0.25) is 0 Å². The first kappa shape index (κ1) is 27.6. The van der Waals surface area contributed by atoms with Gasteiger partial charge in [0.15, 0.2) is 9.84 Å². The number of rotatable bonds is 11. The van der Waals surface area contributed by atoms with E-state index < -0.39 is 15.1 Å². The SMILES string of the molecule is CCCNC1CCN(c2ccc(Nc3ncnc(Nc4ccccc4S(=O)(=O)C(C)C)n3)c(OC)c2)CC1. The van der Waals surface area contributed by atoms with E-state index in [2.05, 4.69) is 48.8 Å². The number of hydrogen-bond acceptors (Lipinski definition) is 10. The summed E-state index contributed by atoms with van der Waals surface area (Å²) in [5.74, 6) is 1.21. The Morgan fingerprint density at radius 1 is 1.03 bits per heavy atom. The molecule has 38 heavy (non-hydrogen) atoms. The van der Waals surface area contributed by atoms with Gasteiger partial charge in [-0.25, -0.2) is 18.4 Å². The Bertz CT molecular complexity index is 1330. The van der Waals surface area contributed by atoms with E-state index in [9.17, 15) is 8.42 Å². The Hall–Kier alpha value is -3.44. The van der Waals surface area contributed by atoms with E-state index in [4.69, 9.17) is 4.74 Å². The molecule has 0 aliphatic carbocycles. The first-order valence-corrected chi connectivity index (χ1v) is 14.6. The predicted octanol–water partition coefficient (Wildman–Crippen LogP) is 4.52. The van der Waals surface area contributed by atoms with Crippen LogP contribution in [0.15, 0.2) is 53.7 Å². The van der Waals surface area contributed by atoms with Crippen LogP contribution >= 0.6 is 0 Å². The van der Waals surface area contributed by atoms with Crippen LogP contribution in [0.4, 0.5) is 29.0 Å². The lowest BCUT2D eigenvalue weighted by molar-refractivity contribution is 0.411. The average Bonchev–Trinajstić information content (AvgIpc) is 2.93. The molecule has 0 spiro atoms. The molecule has 0 radical (unpaired) electrons. The lowest BCUT2D eigenvalue weighted by atomic mass is 10.0. The van der Waals surface area contributed by atoms with E-state index in [1.54, 1.807) is 45.2 Å². The Morgan fingerprint density at radius 2 is 1.71 bits per heavy atom. The van der Waals surface area contributed by atoms with Crippen molar-refractivity contribution in [3.05, 3.63) is 48.8 Å². The first-order valence-electron chi connectivity index (χ1n) is 13.0. The molecule has 1 saturated heterocycles. The highest BCUT2D eigenvalue weighted by atomic mass is 32.2. The smallest absolute Gasteiger partial charge is 0.232 e. The van der Waals surface area contributed by atoms with Crippen LogP contribution in [0.3, 0.4) is 0 Å². The van der Waals surface area contributed by atoms with Crippen LogP contribution in [0.5, 0.6) is 5.75 Å². The molecule has 2 heterocycles. The summed E-state index contributed by atoms with van der Waals surface area (Å²) in [4.78, 5) is 15.4. The summed E-state index contributed by atoms with van der Waals surface area (Å²) >= 11 is 0. The van der Waals surface area contributed by atoms with E-state index in [1.165, 1.54) is 6.33 Å². The van der Waals surface area contributed by atoms with Crippen molar-refractivity contribution in [3.63, 3.8) is 0 Å². The number of ether oxygens (including phenoxy) is 1. The van der Waals surface area contributed by atoms with E-state index in [0.717, 1.165) is 50.3 Å². The zero-order chi connectivity index (χ0) is 27.1. The highest BCUT2D eigenvalue weighted by Gasteiger charge is 2.23. The maximum Gasteiger partial charge on any atom is 0.232 e. The molecule has 3 N–H and O–H groups in total. The molecule has 0 amide bonds. The van der Waals surface area contributed by atoms with Crippen molar-refractivity contribution >= 4 is 38.8 Å². The van der Waals surface area contributed by atoms with Crippen LogP contribution in [0.1, 0.15) is 40.0 Å². The van der Waals surface area contributed by atoms with Gasteiger partial charge in [0.1, 0.15) is 12.1 Å². The van der Waals surface area contributed by atoms with Gasteiger partial charge in [-0.1, -0.05) is 19.1 Å². The van der Waals surface area contributed by atoms with Gasteiger partial charge in [-0.05, 0) is 63.9 Å². The Kier molecular flexibility index (Phi) is 9.01. The minimum Gasteiger partial charge on any atom is -0.494 e. The normalized spacial score (nSPS) is 14.5. The lowest BCUT2D eigenvalue weighted by Crippen LogP contribution is -2.42. The Balaban J connectivity index is 1.48. The molecule has 0 bridgehead atoms. The quantitative estimate of drug-likeness (QED) is 0.321. The fourth-order valence-corrected chi connectivity index (χ4v) is 5.60. The van der Waals surface area contributed by atoms with E-state index >= 15 is 0 Å². The minimum absolute atomic E-state index is 0.201. The van der Waals surface area contributed by atoms with Crippen molar-refractivity contribution in [3.8, 4) is 5.75 Å². The summed E-state index contributed by atoms with van der Waals surface area (Å²) in [7, 11) is -1.85. The molecule has 1 aromatic heterocycles. The maximum absolute atomic E-state index is 12.8. The van der Waals surface area contributed by atoms with E-state index in [-0.39, 0.29) is 10.8 Å². The monoisotopic (exact) mass is 539 g/mol. The van der Waals surface area contributed by atoms with Crippen LogP contribution in [-0.2, 0) is 9.84 Å². The number of piperidine rings is 1. The summed E-state index contributed by atoms with van der Waals surface area (Å²) in [5, 5.41) is 9.30. The number of anilines is 5. The Morgan fingerprint density at radius 3 is 2.37 bits per heavy atom. The van der Waals surface area contributed by atoms with Crippen molar-refractivity contribution in [1.82, 2.24) is 20.3 Å². The number of aromatic nitrogens is 3. The second-order valence-electron chi connectivity index (χ2n) is 9.57. The Labute approximate surface area is 225 Å². The van der Waals surface area contributed by atoms with Gasteiger partial charge >= 0.3 is 0 Å². The molecule has 0 saturated carbocycles. The number of nitrogens with zero attached hydrogens (tertiary/aromatic N) is 4. The van der Waals surface area contributed by atoms with Crippen LogP contribution in [0.25, 0.3) is 0 Å². The van der Waals surface area contributed by atoms with Crippen molar-refractivity contribution in [1.29, 1.82) is 0 Å². The van der Waals surface area contributed by atoms with Gasteiger partial charge in [0.25, 0.3) is 0 Å². The topological polar surface area (TPSA) is 121 Å². The van der Waals surface area contributed by atoms with Crippen molar-refractivity contribution in [2.75, 3.05) is 42.3 Å². The third kappa shape index (κ3) is 6.51. The fraction of sp³-hybridized carbons (Fsp3) is 0.444. The summed E-state index contributed by atoms with van der Waals surface area (Å²) in [6.07, 6.45) is 4.75. The molecule has 0 unspecified atom stereocenters. The molecule has 1 fully saturated rings. The highest BCUT2D eigenvalue weighted by Crippen LogP contribution is 2.33. The van der Waals surface area contributed by atoms with Crippen LogP contribution < -0.4 is 25.6 Å². The molecular formula is C27H37N7O3S. The number of nitrogens with one attached hydrogen (secondary N) is 3. The van der Waals surface area contributed by atoms with Gasteiger partial charge in [0.05, 0.1) is 28.6 Å². The van der Waals surface area contributed by atoms with E-state index in [0.29, 0.717) is 23.4 Å². The molecule has 2 aromatic carbocycles. The van der Waals surface area contributed by atoms with Gasteiger partial charge in [-0.3, -0.25) is 0 Å². The van der Waals surface area contributed by atoms with Crippen molar-refractivity contribution < 1.29 is 13.2 Å². The van der Waals surface area contributed by atoms with Gasteiger partial charge < -0.3 is 25.6 Å². The number of para-hydroxylation sites is 1. The molecular weight excluding hydrogens is 502 g/mol. The van der Waals surface area contributed by atoms with E-state index in [1.807, 2.05) is 12.1 Å². The first-order chi connectivity index (χ1) is 18.3. The van der Waals surface area contributed by atoms with Crippen molar-refractivity contribution in [2.24, 2.45) is 0 Å². The van der Waals surface area contributed by atoms with Gasteiger partial charge in [0.2, 0.25) is 11.9 Å². The second kappa shape index (κ2) is 12.4. The number of sulfone groups is 1. The summed E-state index contributed by atoms with van der Waals surface area (Å²) in [6, 6.07) is 13.4. The zero-order valence-corrected chi connectivity index (χ0v) is 23.3. The summed E-state index contributed by atoms with van der Waals surface area (Å²) in [6.45, 7) is 8.56. The maximum atomic E-state index is 12.8. The molecule has 0 atom stereocenters. The highest BCUT2D eigenvalue weighted by molar-refractivity contribution is 7.92. The third-order valence-electron chi connectivity index (χ3n) is 6.61. The molecule has 3 aromatic rings. The number of hydrogen-bond donors (Lipinski definition) is 3. The zero-order valence-electron chi connectivity index (χ0n) is 22.4. The molecule has 11 heteroatoms. The largest absolute Gasteiger partial charge is 0.494 e. The minimum atomic E-state index is -3.49. The fourth-order valence-electron chi connectivity index (χ4n) is 4.40. The molecule has 1 aliphatic heterocycles. The number of benzene rings is 2. The van der Waals surface area contributed by atoms with Gasteiger partial charge in [-0.15, -0.1) is 0 Å². The summed E-state index contributed by atoms with van der Waals surface area (Å²) < 4.78 is 31.3. The van der Waals surface area contributed by atoms with Crippen LogP contribution in [0, 0.1) is 0 Å². The van der Waals surface area contributed by atoms with Gasteiger partial charge in [-0.2, -0.15) is 4.98 Å². The number of methoxy groups -OCH3 is 1. The van der Waals surface area contributed by atoms with Crippen LogP contribution in [-0.4, -0.2) is 61.4 Å².